The van der Waals surface area contributed by atoms with E-state index < -0.39 is 0 Å². The Morgan fingerprint density at radius 3 is 2.47 bits per heavy atom. The molecule has 1 aliphatic heterocycles. The van der Waals surface area contributed by atoms with E-state index in [-0.39, 0.29) is 5.54 Å². The van der Waals surface area contributed by atoms with Crippen molar-refractivity contribution in [3.05, 3.63) is 53.9 Å². The molecule has 17 heavy (non-hydrogen) atoms. The average molecular weight is 225 g/mol. The summed E-state index contributed by atoms with van der Waals surface area (Å²) in [6.45, 7) is 5.36. The van der Waals surface area contributed by atoms with Crippen molar-refractivity contribution >= 4 is 5.69 Å². The molecule has 0 bridgehead atoms. The molecule has 0 amide bonds. The van der Waals surface area contributed by atoms with Crippen LogP contribution in [0, 0.1) is 0 Å². The number of para-hydroxylation sites is 1. The highest BCUT2D eigenvalue weighted by atomic mass is 15.2. The van der Waals surface area contributed by atoms with Crippen molar-refractivity contribution < 1.29 is 0 Å². The van der Waals surface area contributed by atoms with Gasteiger partial charge in [0.05, 0.1) is 17.9 Å². The summed E-state index contributed by atoms with van der Waals surface area (Å²) in [5, 5.41) is 7.98. The van der Waals surface area contributed by atoms with Crippen LogP contribution in [-0.2, 0) is 12.1 Å². The largest absolute Gasteiger partial charge is 0.358 e. The molecule has 2 aromatic rings. The number of benzene rings is 1. The zero-order chi connectivity index (χ0) is 11.9. The minimum atomic E-state index is -0.0212. The van der Waals surface area contributed by atoms with Crippen LogP contribution < -0.4 is 4.90 Å². The number of fused-ring (bicyclic) bond motifs is 1. The number of hydrogen-bond acceptors (Lipinski definition) is 3. The lowest BCUT2D eigenvalue weighted by Gasteiger charge is -2.34. The molecule has 0 aliphatic carbocycles. The highest BCUT2D eigenvalue weighted by Gasteiger charge is 2.37. The second-order valence-corrected chi connectivity index (χ2v) is 4.91. The van der Waals surface area contributed by atoms with Crippen LogP contribution in [0.2, 0.25) is 0 Å². The molecule has 0 saturated heterocycles. The maximum absolute atomic E-state index is 4.00. The fourth-order valence-corrected chi connectivity index (χ4v) is 2.56. The Labute approximate surface area is 101 Å². The molecule has 0 radical (unpaired) electrons. The van der Waals surface area contributed by atoms with Crippen molar-refractivity contribution in [2.24, 2.45) is 0 Å². The van der Waals surface area contributed by atoms with Crippen LogP contribution in [0.15, 0.2) is 42.7 Å². The molecule has 0 N–H and O–H groups in total. The Morgan fingerprint density at radius 2 is 1.76 bits per heavy atom. The van der Waals surface area contributed by atoms with Gasteiger partial charge < -0.3 is 4.90 Å². The van der Waals surface area contributed by atoms with Gasteiger partial charge in [-0.15, -0.1) is 0 Å². The van der Waals surface area contributed by atoms with E-state index in [0.29, 0.717) is 0 Å². The van der Waals surface area contributed by atoms with Crippen LogP contribution in [0.1, 0.15) is 25.0 Å². The topological polar surface area (TPSA) is 29.0 Å². The standard InChI is InChI=1S/C14H15N3/c1-14(2)13-9-16-15-8-11(13)10-17(14)12-6-4-3-5-7-12/h3-9H,10H2,1-2H3. The van der Waals surface area contributed by atoms with Gasteiger partial charge in [-0.1, -0.05) is 18.2 Å². The predicted octanol–water partition coefficient (Wildman–Crippen LogP) is 2.73. The molecule has 0 atom stereocenters. The molecule has 0 spiro atoms. The van der Waals surface area contributed by atoms with E-state index >= 15 is 0 Å². The molecule has 0 saturated carbocycles. The fraction of sp³-hybridized carbons (Fsp3) is 0.286. The number of nitrogens with zero attached hydrogens (tertiary/aromatic N) is 3. The highest BCUT2D eigenvalue weighted by Crippen LogP contribution is 2.40. The molecule has 3 heteroatoms. The van der Waals surface area contributed by atoms with Crippen molar-refractivity contribution in [3.8, 4) is 0 Å². The molecule has 1 aromatic carbocycles. The molecule has 0 fully saturated rings. The van der Waals surface area contributed by atoms with E-state index in [0.717, 1.165) is 6.54 Å². The van der Waals surface area contributed by atoms with Gasteiger partial charge in [0.15, 0.2) is 0 Å². The molecule has 3 nitrogen and oxygen atoms in total. The summed E-state index contributed by atoms with van der Waals surface area (Å²) in [5.41, 5.74) is 3.77. The van der Waals surface area contributed by atoms with Crippen molar-refractivity contribution in [1.82, 2.24) is 10.2 Å². The SMILES string of the molecule is CC1(C)c2cnncc2CN1c1ccccc1. The number of rotatable bonds is 1. The van der Waals surface area contributed by atoms with Crippen molar-refractivity contribution in [1.29, 1.82) is 0 Å². The Morgan fingerprint density at radius 1 is 1.06 bits per heavy atom. The summed E-state index contributed by atoms with van der Waals surface area (Å²) in [7, 11) is 0. The van der Waals surface area contributed by atoms with Gasteiger partial charge in [0.25, 0.3) is 0 Å². The van der Waals surface area contributed by atoms with Gasteiger partial charge in [0.1, 0.15) is 0 Å². The van der Waals surface area contributed by atoms with Crippen molar-refractivity contribution in [3.63, 3.8) is 0 Å². The number of anilines is 1. The number of hydrogen-bond donors (Lipinski definition) is 0. The van der Waals surface area contributed by atoms with E-state index in [4.69, 9.17) is 0 Å². The van der Waals surface area contributed by atoms with E-state index in [2.05, 4.69) is 53.2 Å². The summed E-state index contributed by atoms with van der Waals surface area (Å²) in [5.74, 6) is 0. The second kappa shape index (κ2) is 3.55. The third-order valence-corrected chi connectivity index (χ3v) is 3.54. The lowest BCUT2D eigenvalue weighted by molar-refractivity contribution is 0.518. The Hall–Kier alpha value is -1.90. The second-order valence-electron chi connectivity index (χ2n) is 4.91. The van der Waals surface area contributed by atoms with Crippen LogP contribution in [0.5, 0.6) is 0 Å². The maximum Gasteiger partial charge on any atom is 0.0621 e. The lowest BCUT2D eigenvalue weighted by atomic mass is 9.96. The summed E-state index contributed by atoms with van der Waals surface area (Å²) >= 11 is 0. The minimum Gasteiger partial charge on any atom is -0.358 e. The van der Waals surface area contributed by atoms with Gasteiger partial charge in [0, 0.05) is 17.8 Å². The highest BCUT2D eigenvalue weighted by molar-refractivity contribution is 5.55. The zero-order valence-corrected chi connectivity index (χ0v) is 10.1. The third-order valence-electron chi connectivity index (χ3n) is 3.54. The van der Waals surface area contributed by atoms with Crippen molar-refractivity contribution in [2.45, 2.75) is 25.9 Å². The summed E-state index contributed by atoms with van der Waals surface area (Å²) in [6.07, 6.45) is 3.76. The first-order valence-electron chi connectivity index (χ1n) is 5.82. The molecule has 1 aromatic heterocycles. The van der Waals surface area contributed by atoms with Crippen LogP contribution >= 0.6 is 0 Å². The van der Waals surface area contributed by atoms with E-state index in [9.17, 15) is 0 Å². The monoisotopic (exact) mass is 225 g/mol. The van der Waals surface area contributed by atoms with E-state index in [1.807, 2.05) is 18.5 Å². The first-order valence-corrected chi connectivity index (χ1v) is 5.82. The maximum atomic E-state index is 4.00. The van der Waals surface area contributed by atoms with E-state index in [1.54, 1.807) is 0 Å². The molecule has 0 unspecified atom stereocenters. The Balaban J connectivity index is 2.07. The van der Waals surface area contributed by atoms with Gasteiger partial charge >= 0.3 is 0 Å². The fourth-order valence-electron chi connectivity index (χ4n) is 2.56. The summed E-state index contributed by atoms with van der Waals surface area (Å²) in [4.78, 5) is 2.39. The van der Waals surface area contributed by atoms with Gasteiger partial charge in [-0.05, 0) is 31.5 Å². The predicted molar refractivity (Wildman–Crippen MR) is 67.7 cm³/mol. The van der Waals surface area contributed by atoms with Gasteiger partial charge in [-0.25, -0.2) is 0 Å². The first kappa shape index (κ1) is 10.3. The summed E-state index contributed by atoms with van der Waals surface area (Å²) < 4.78 is 0. The van der Waals surface area contributed by atoms with E-state index in [1.165, 1.54) is 16.8 Å². The quantitative estimate of drug-likeness (QED) is 0.747. The molecule has 3 rings (SSSR count). The lowest BCUT2D eigenvalue weighted by Crippen LogP contribution is -2.35. The molecule has 2 heterocycles. The van der Waals surface area contributed by atoms with Gasteiger partial charge in [-0.2, -0.15) is 10.2 Å². The third kappa shape index (κ3) is 1.50. The number of aromatic nitrogens is 2. The van der Waals surface area contributed by atoms with Crippen LogP contribution in [-0.4, -0.2) is 10.2 Å². The Kier molecular flexibility index (Phi) is 2.15. The molecular formula is C14H15N3. The normalized spacial score (nSPS) is 16.9. The van der Waals surface area contributed by atoms with Crippen molar-refractivity contribution in [2.75, 3.05) is 4.90 Å². The van der Waals surface area contributed by atoms with Gasteiger partial charge in [0.2, 0.25) is 0 Å². The summed E-state index contributed by atoms with van der Waals surface area (Å²) in [6, 6.07) is 10.5. The van der Waals surface area contributed by atoms with Crippen LogP contribution in [0.4, 0.5) is 5.69 Å². The van der Waals surface area contributed by atoms with Crippen LogP contribution in [0.25, 0.3) is 0 Å². The van der Waals surface area contributed by atoms with Crippen LogP contribution in [0.3, 0.4) is 0 Å². The smallest absolute Gasteiger partial charge is 0.0621 e. The van der Waals surface area contributed by atoms with Gasteiger partial charge in [-0.3, -0.25) is 0 Å². The average Bonchev–Trinajstić information content (AvgIpc) is 2.63. The molecular weight excluding hydrogens is 210 g/mol. The minimum absolute atomic E-state index is 0.0212. The first-order chi connectivity index (χ1) is 8.19. The Bertz CT molecular complexity index is 534. The molecule has 1 aliphatic rings. The zero-order valence-electron chi connectivity index (χ0n) is 10.1. The molecule has 86 valence electrons.